The molecule has 15 heteroatoms. The number of H-pyrrole nitrogens is 1. The molecule has 0 radical (unpaired) electrons. The van der Waals surface area contributed by atoms with E-state index >= 15 is 0 Å². The molecular formula is C33H21ClN4O10. The monoisotopic (exact) mass is 668 g/mol. The van der Waals surface area contributed by atoms with Crippen molar-refractivity contribution < 1.29 is 24.9 Å². The van der Waals surface area contributed by atoms with E-state index in [2.05, 4.69) is 15.5 Å². The van der Waals surface area contributed by atoms with Gasteiger partial charge in [0.25, 0.3) is 11.5 Å². The smallest absolute Gasteiger partial charge is 0.273 e. The number of fused-ring (bicyclic) bond motifs is 4. The number of rotatable bonds is 4. The van der Waals surface area contributed by atoms with Crippen LogP contribution in [-0.4, -0.2) is 39.5 Å². The average molecular weight is 669 g/mol. The Labute approximate surface area is 270 Å². The molecule has 1 heterocycles. The van der Waals surface area contributed by atoms with Gasteiger partial charge < -0.3 is 30.8 Å². The number of pyridine rings is 1. The molecule has 48 heavy (non-hydrogen) atoms. The molecule has 0 saturated carbocycles. The standard InChI is InChI=1S/C33H21ClN4O10/c1-48-18-9-17(39)20-21(25(18)40)27(42)23-22(26(20)41)29(44)33(30(23)45)5-4-11-6-12-7-14(37-32(47)19(12)28(43)24(11)33)10-36-38-31(46)15-8-13(34)2-3-16(15)35/h2-3,6-10,43-45H,4-5,35H2,1H3,(H,37,47)(H,38,46)/t33-/m0/s1. The van der Waals surface area contributed by atoms with Crippen LogP contribution >= 0.6 is 11.6 Å². The molecule has 2 aromatic carbocycles. The van der Waals surface area contributed by atoms with Crippen LogP contribution in [0.4, 0.5) is 5.69 Å². The van der Waals surface area contributed by atoms with Crippen molar-refractivity contribution in [2.75, 3.05) is 12.8 Å². The summed E-state index contributed by atoms with van der Waals surface area (Å²) in [6, 6.07) is 8.09. The molecule has 4 aliphatic rings. The molecule has 240 valence electrons. The first-order valence-electron chi connectivity index (χ1n) is 14.2. The van der Waals surface area contributed by atoms with Crippen molar-refractivity contribution in [2.45, 2.75) is 18.3 Å². The zero-order chi connectivity index (χ0) is 34.4. The number of nitrogens with zero attached hydrogens (tertiary/aromatic N) is 1. The summed E-state index contributed by atoms with van der Waals surface area (Å²) >= 11 is 5.93. The Morgan fingerprint density at radius 2 is 1.67 bits per heavy atom. The number of aryl methyl sites for hydroxylation is 1. The first-order chi connectivity index (χ1) is 22.8. The van der Waals surface area contributed by atoms with Gasteiger partial charge in [-0.05, 0) is 48.1 Å². The summed E-state index contributed by atoms with van der Waals surface area (Å²) < 4.78 is 4.89. The number of hydrogen-bond donors (Lipinski definition) is 6. The van der Waals surface area contributed by atoms with Crippen LogP contribution in [-0.2, 0) is 11.8 Å². The lowest BCUT2D eigenvalue weighted by Gasteiger charge is -2.27. The molecule has 0 aliphatic heterocycles. The third-order valence-electron chi connectivity index (χ3n) is 8.90. The van der Waals surface area contributed by atoms with Gasteiger partial charge in [0, 0.05) is 22.3 Å². The van der Waals surface area contributed by atoms with Gasteiger partial charge in [-0.3, -0.25) is 28.8 Å². The van der Waals surface area contributed by atoms with Crippen molar-refractivity contribution in [2.24, 2.45) is 5.10 Å². The molecule has 1 amide bonds. The van der Waals surface area contributed by atoms with Gasteiger partial charge in [0.2, 0.25) is 16.3 Å². The second-order valence-electron chi connectivity index (χ2n) is 11.4. The number of aromatic nitrogens is 1. The van der Waals surface area contributed by atoms with Crippen molar-refractivity contribution in [3.05, 3.63) is 136 Å². The topological polar surface area (TPSA) is 239 Å². The summed E-state index contributed by atoms with van der Waals surface area (Å²) in [4.78, 5) is 81.3. The van der Waals surface area contributed by atoms with Crippen molar-refractivity contribution in [1.29, 1.82) is 0 Å². The van der Waals surface area contributed by atoms with Crippen LogP contribution < -0.4 is 53.6 Å². The molecule has 4 aliphatic carbocycles. The van der Waals surface area contributed by atoms with Crippen molar-refractivity contribution in [3.63, 3.8) is 0 Å². The number of ether oxygens (including phenoxy) is 1. The molecule has 1 atom stereocenters. The van der Waals surface area contributed by atoms with Crippen LogP contribution in [0.5, 0.6) is 11.5 Å². The number of nitrogens with one attached hydrogen (secondary N) is 2. The Hall–Kier alpha value is -6.28. The molecule has 14 nitrogen and oxygen atoms in total. The van der Waals surface area contributed by atoms with Crippen LogP contribution in [0.15, 0.2) is 65.5 Å². The Kier molecular flexibility index (Phi) is 6.56. The van der Waals surface area contributed by atoms with E-state index in [1.54, 1.807) is 0 Å². The number of hydrogen-bond acceptors (Lipinski definition) is 12. The molecule has 0 saturated heterocycles. The summed E-state index contributed by atoms with van der Waals surface area (Å²) in [6.45, 7) is 0. The minimum Gasteiger partial charge on any atom is -0.510 e. The van der Waals surface area contributed by atoms with Gasteiger partial charge in [0.1, 0.15) is 22.7 Å². The lowest BCUT2D eigenvalue weighted by molar-refractivity contribution is 0.0956. The van der Waals surface area contributed by atoms with E-state index in [9.17, 15) is 44.1 Å². The average Bonchev–Trinajstić information content (AvgIpc) is 3.53. The zero-order valence-electron chi connectivity index (χ0n) is 24.6. The maximum Gasteiger partial charge on any atom is 0.273 e. The van der Waals surface area contributed by atoms with Crippen molar-refractivity contribution in [3.8, 4) is 11.5 Å². The lowest BCUT2D eigenvalue weighted by atomic mass is 9.78. The van der Waals surface area contributed by atoms with Gasteiger partial charge in [0.05, 0.1) is 50.8 Å². The molecule has 0 bridgehead atoms. The summed E-state index contributed by atoms with van der Waals surface area (Å²) in [7, 11) is 1.10. The van der Waals surface area contributed by atoms with E-state index < -0.39 is 82.5 Å². The SMILES string of the molecule is COc1cc(=O)c2c(=O)c3c(c(=O)c=2c1=O)=C(O)[C@]1(CCc2cc4cc(C=NNC(=O)c5cc(Cl)ccc5N)[nH]c(=O)c4c(O)c21)C=3O. The van der Waals surface area contributed by atoms with E-state index in [0.717, 1.165) is 19.4 Å². The highest BCUT2D eigenvalue weighted by Gasteiger charge is 2.53. The van der Waals surface area contributed by atoms with E-state index in [-0.39, 0.29) is 51.1 Å². The number of carbonyl (C=O) groups excluding carboxylic acids is 1. The third kappa shape index (κ3) is 3.95. The molecule has 1 aromatic heterocycles. The largest absolute Gasteiger partial charge is 0.510 e. The highest BCUT2D eigenvalue weighted by Crippen LogP contribution is 2.54. The lowest BCUT2D eigenvalue weighted by Crippen LogP contribution is -2.51. The number of aliphatic hydroxyl groups is 2. The molecule has 0 fully saturated rings. The molecule has 3 aromatic rings. The van der Waals surface area contributed by atoms with Crippen molar-refractivity contribution >= 4 is 51.7 Å². The molecular weight excluding hydrogens is 648 g/mol. The summed E-state index contributed by atoms with van der Waals surface area (Å²) in [5.41, 5.74) is 1.56. The van der Waals surface area contributed by atoms with Gasteiger partial charge in [-0.2, -0.15) is 5.10 Å². The Balaban J connectivity index is 1.38. The van der Waals surface area contributed by atoms with Crippen molar-refractivity contribution in [1.82, 2.24) is 10.4 Å². The highest BCUT2D eigenvalue weighted by atomic mass is 35.5. The van der Waals surface area contributed by atoms with E-state index in [4.69, 9.17) is 22.1 Å². The van der Waals surface area contributed by atoms with E-state index in [1.807, 2.05) is 0 Å². The van der Waals surface area contributed by atoms with Crippen LogP contribution in [0.1, 0.15) is 33.6 Å². The molecule has 0 unspecified atom stereocenters. The number of aromatic amines is 1. The first kappa shape index (κ1) is 30.4. The predicted molar refractivity (Wildman–Crippen MR) is 174 cm³/mol. The number of anilines is 1. The summed E-state index contributed by atoms with van der Waals surface area (Å²) in [6.07, 6.45) is 1.11. The maximum absolute atomic E-state index is 13.6. The second kappa shape index (κ2) is 10.4. The fraction of sp³-hybridized carbons (Fsp3) is 0.121. The maximum atomic E-state index is 13.6. The number of halogens is 1. The number of hydrazone groups is 1. The summed E-state index contributed by atoms with van der Waals surface area (Å²) in [5.74, 6) is -3.38. The number of phenolic OH excluding ortho intramolecular Hbond substituents is 1. The predicted octanol–water partition coefficient (Wildman–Crippen LogP) is -0.487. The van der Waals surface area contributed by atoms with Crippen LogP contribution in [0, 0.1) is 10.4 Å². The number of benzene rings is 2. The Morgan fingerprint density at radius 1 is 0.979 bits per heavy atom. The van der Waals surface area contributed by atoms with Gasteiger partial charge in [-0.1, -0.05) is 17.7 Å². The normalized spacial score (nSPS) is 16.7. The van der Waals surface area contributed by atoms with E-state index in [0.29, 0.717) is 5.56 Å². The van der Waals surface area contributed by atoms with Gasteiger partial charge in [-0.25, -0.2) is 5.43 Å². The highest BCUT2D eigenvalue weighted by molar-refractivity contribution is 6.31. The fourth-order valence-electron chi connectivity index (χ4n) is 6.78. The first-order valence-corrected chi connectivity index (χ1v) is 14.6. The number of phenols is 1. The van der Waals surface area contributed by atoms with Crippen LogP contribution in [0.25, 0.3) is 22.3 Å². The number of amides is 1. The molecule has 7 N–H and O–H groups in total. The minimum atomic E-state index is -2.03. The number of nitrogens with two attached hydrogens (primary N) is 1. The Bertz CT molecular complexity index is 2840. The minimum absolute atomic E-state index is 0.0817. The Morgan fingerprint density at radius 3 is 2.35 bits per heavy atom. The quantitative estimate of drug-likeness (QED) is 0.0811. The number of aromatic hydroxyl groups is 1. The number of nitrogen functional groups attached to an aromatic ring is 1. The van der Waals surface area contributed by atoms with Gasteiger partial charge in [-0.15, -0.1) is 0 Å². The van der Waals surface area contributed by atoms with E-state index in [1.165, 1.54) is 30.3 Å². The second-order valence-corrected chi connectivity index (χ2v) is 11.8. The van der Waals surface area contributed by atoms with Crippen LogP contribution in [0.2, 0.25) is 5.02 Å². The third-order valence-corrected chi connectivity index (χ3v) is 9.14. The zero-order valence-corrected chi connectivity index (χ0v) is 25.3. The van der Waals surface area contributed by atoms with Crippen LogP contribution in [0.3, 0.4) is 0 Å². The van der Waals surface area contributed by atoms with Gasteiger partial charge in [0.15, 0.2) is 11.2 Å². The van der Waals surface area contributed by atoms with Gasteiger partial charge >= 0.3 is 0 Å². The fourth-order valence-corrected chi connectivity index (χ4v) is 6.96. The number of carbonyl (C=O) groups is 1. The molecule has 7 rings (SSSR count). The summed E-state index contributed by atoms with van der Waals surface area (Å²) in [5, 5.41) is 35.9. The molecule has 1 spiro atoms. The number of aliphatic hydroxyl groups excluding tert-OH is 2. The number of methoxy groups -OCH3 is 1.